The predicted molar refractivity (Wildman–Crippen MR) is 97.3 cm³/mol. The van der Waals surface area contributed by atoms with E-state index in [1.807, 2.05) is 11.3 Å². The average Bonchev–Trinajstić information content (AvgIpc) is 3.17. The van der Waals surface area contributed by atoms with Crippen LogP contribution in [-0.2, 0) is 6.42 Å². The van der Waals surface area contributed by atoms with E-state index in [-0.39, 0.29) is 0 Å². The van der Waals surface area contributed by atoms with Crippen LogP contribution in [0.3, 0.4) is 0 Å². The Morgan fingerprint density at radius 1 is 1.24 bits per heavy atom. The van der Waals surface area contributed by atoms with Gasteiger partial charge in [0.25, 0.3) is 0 Å². The van der Waals surface area contributed by atoms with E-state index >= 15 is 0 Å². The Morgan fingerprint density at radius 3 is 2.86 bits per heavy atom. The molecule has 0 aliphatic heterocycles. The van der Waals surface area contributed by atoms with Crippen LogP contribution in [0.5, 0.6) is 0 Å². The van der Waals surface area contributed by atoms with E-state index in [0.29, 0.717) is 5.92 Å². The third-order valence-corrected chi connectivity index (χ3v) is 5.72. The first-order valence-corrected chi connectivity index (χ1v) is 8.91. The zero-order chi connectivity index (χ0) is 14.7. The molecule has 0 saturated carbocycles. The van der Waals surface area contributed by atoms with E-state index in [1.165, 1.54) is 26.4 Å². The molecule has 1 atom stereocenters. The summed E-state index contributed by atoms with van der Waals surface area (Å²) in [7, 11) is 0. The smallest absolute Gasteiger partial charge is 0.0190 e. The number of thiocarbonyl (C=S) groups is 1. The van der Waals surface area contributed by atoms with Gasteiger partial charge in [0, 0.05) is 10.8 Å². The van der Waals surface area contributed by atoms with Crippen molar-refractivity contribution in [3.8, 4) is 0 Å². The highest BCUT2D eigenvalue weighted by Crippen LogP contribution is 2.42. The topological polar surface area (TPSA) is 0 Å². The molecule has 0 nitrogen and oxygen atoms in total. The van der Waals surface area contributed by atoms with Crippen molar-refractivity contribution in [2.45, 2.75) is 38.5 Å². The minimum atomic E-state index is 0.498. The van der Waals surface area contributed by atoms with Gasteiger partial charge in [-0.25, -0.2) is 0 Å². The zero-order valence-electron chi connectivity index (χ0n) is 12.3. The highest BCUT2D eigenvalue weighted by Gasteiger charge is 2.24. The van der Waals surface area contributed by atoms with Crippen LogP contribution in [0.1, 0.15) is 48.1 Å². The highest BCUT2D eigenvalue weighted by molar-refractivity contribution is 7.80. The molecule has 1 heterocycles. The molecule has 0 radical (unpaired) electrons. The lowest BCUT2D eigenvalue weighted by molar-refractivity contribution is 0.795. The quantitative estimate of drug-likeness (QED) is 0.587. The number of hydrogen-bond acceptors (Lipinski definition) is 2. The minimum Gasteiger partial charge on any atom is -0.148 e. The van der Waals surface area contributed by atoms with Crippen LogP contribution in [0, 0.1) is 0 Å². The van der Waals surface area contributed by atoms with Gasteiger partial charge in [0.05, 0.1) is 0 Å². The Labute approximate surface area is 136 Å². The van der Waals surface area contributed by atoms with Gasteiger partial charge in [-0.3, -0.25) is 0 Å². The third-order valence-electron chi connectivity index (χ3n) is 4.24. The van der Waals surface area contributed by atoms with Gasteiger partial charge in [-0.15, -0.1) is 11.3 Å². The monoisotopic (exact) mass is 312 g/mol. The van der Waals surface area contributed by atoms with E-state index in [1.54, 1.807) is 0 Å². The van der Waals surface area contributed by atoms with Crippen molar-refractivity contribution in [2.24, 2.45) is 0 Å². The molecule has 108 valence electrons. The van der Waals surface area contributed by atoms with Gasteiger partial charge in [0.1, 0.15) is 0 Å². The fourth-order valence-electron chi connectivity index (χ4n) is 3.06. The van der Waals surface area contributed by atoms with Crippen molar-refractivity contribution >= 4 is 34.0 Å². The van der Waals surface area contributed by atoms with E-state index < -0.39 is 0 Å². The number of thiophene rings is 1. The van der Waals surface area contributed by atoms with Crippen LogP contribution in [0.25, 0.3) is 5.57 Å². The maximum atomic E-state index is 5.44. The molecule has 21 heavy (non-hydrogen) atoms. The zero-order valence-corrected chi connectivity index (χ0v) is 14.0. The molecular weight excluding hydrogens is 292 g/mol. The molecule has 0 bridgehead atoms. The molecule has 1 aromatic carbocycles. The van der Waals surface area contributed by atoms with Gasteiger partial charge >= 0.3 is 0 Å². The number of benzene rings is 1. The minimum absolute atomic E-state index is 0.498. The summed E-state index contributed by atoms with van der Waals surface area (Å²) in [5, 5.41) is 2.18. The van der Waals surface area contributed by atoms with Gasteiger partial charge in [0.2, 0.25) is 0 Å². The summed E-state index contributed by atoms with van der Waals surface area (Å²) in [5.41, 5.74) is 4.41. The number of hydrogen-bond donors (Lipinski definition) is 0. The van der Waals surface area contributed by atoms with Crippen LogP contribution in [-0.4, -0.2) is 4.86 Å². The van der Waals surface area contributed by atoms with Crippen LogP contribution in [0.4, 0.5) is 0 Å². The van der Waals surface area contributed by atoms with Gasteiger partial charge in [-0.2, -0.15) is 0 Å². The Balaban J connectivity index is 1.88. The summed E-state index contributed by atoms with van der Waals surface area (Å²) in [6, 6.07) is 13.2. The molecule has 1 aromatic heterocycles. The second kappa shape index (κ2) is 6.67. The largest absolute Gasteiger partial charge is 0.148 e. The molecule has 2 aromatic rings. The van der Waals surface area contributed by atoms with Crippen LogP contribution in [0.15, 0.2) is 47.9 Å². The first-order valence-electron chi connectivity index (χ1n) is 7.63. The summed E-state index contributed by atoms with van der Waals surface area (Å²) in [6.45, 7) is 2.16. The first kappa shape index (κ1) is 14.7. The summed E-state index contributed by atoms with van der Waals surface area (Å²) >= 11 is 7.31. The van der Waals surface area contributed by atoms with Crippen molar-refractivity contribution in [3.05, 3.63) is 63.9 Å². The molecule has 2 heteroatoms. The number of fused-ring (bicyclic) bond motifs is 1. The Morgan fingerprint density at radius 2 is 2.10 bits per heavy atom. The van der Waals surface area contributed by atoms with E-state index in [4.69, 9.17) is 12.2 Å². The van der Waals surface area contributed by atoms with Crippen molar-refractivity contribution in [1.82, 2.24) is 0 Å². The molecule has 3 rings (SSSR count). The van der Waals surface area contributed by atoms with Gasteiger partial charge < -0.3 is 0 Å². The van der Waals surface area contributed by atoms with E-state index in [0.717, 1.165) is 25.7 Å². The molecule has 0 saturated heterocycles. The number of allylic oxidation sites excluding steroid dienone is 2. The van der Waals surface area contributed by atoms with Gasteiger partial charge in [-0.1, -0.05) is 55.5 Å². The van der Waals surface area contributed by atoms with Crippen molar-refractivity contribution in [3.63, 3.8) is 0 Å². The Kier molecular flexibility index (Phi) is 4.67. The van der Waals surface area contributed by atoms with E-state index in [9.17, 15) is 0 Å². The normalized spacial score (nSPS) is 14.6. The fourth-order valence-corrected chi connectivity index (χ4v) is 4.06. The van der Waals surface area contributed by atoms with Gasteiger partial charge in [0.15, 0.2) is 0 Å². The molecule has 0 spiro atoms. The third kappa shape index (κ3) is 3.17. The SMILES string of the molecule is CCC(=S)CCC(C1=CCc2ccccc21)c1cccs1. The Hall–Kier alpha value is -1.25. The van der Waals surface area contributed by atoms with Crippen molar-refractivity contribution in [2.75, 3.05) is 0 Å². The molecular formula is C19H20S2. The molecule has 0 amide bonds. The number of rotatable bonds is 6. The molecule has 0 N–H and O–H groups in total. The van der Waals surface area contributed by atoms with Crippen LogP contribution >= 0.6 is 23.6 Å². The lowest BCUT2D eigenvalue weighted by atomic mass is 9.88. The molecule has 1 aliphatic carbocycles. The van der Waals surface area contributed by atoms with Crippen LogP contribution < -0.4 is 0 Å². The Bertz CT molecular complexity index is 650. The standard InChI is InChI=1S/C19H20S2/c1-2-15(20)10-12-18(19-8-5-13-21-19)17-11-9-14-6-3-4-7-16(14)17/h3-8,11,13,18H,2,9-10,12H2,1H3. The molecule has 0 fully saturated rings. The molecule has 1 unspecified atom stereocenters. The average molecular weight is 313 g/mol. The summed E-state index contributed by atoms with van der Waals surface area (Å²) in [5.74, 6) is 0.498. The molecule has 1 aliphatic rings. The predicted octanol–water partition coefficient (Wildman–Crippen LogP) is 6.03. The summed E-state index contributed by atoms with van der Waals surface area (Å²) < 4.78 is 0. The maximum absolute atomic E-state index is 5.44. The highest BCUT2D eigenvalue weighted by atomic mass is 32.1. The van der Waals surface area contributed by atoms with Crippen molar-refractivity contribution < 1.29 is 0 Å². The van der Waals surface area contributed by atoms with Crippen LogP contribution in [0.2, 0.25) is 0 Å². The second-order valence-electron chi connectivity index (χ2n) is 5.52. The summed E-state index contributed by atoms with van der Waals surface area (Å²) in [4.78, 5) is 2.67. The maximum Gasteiger partial charge on any atom is 0.0190 e. The van der Waals surface area contributed by atoms with Gasteiger partial charge in [-0.05, 0) is 58.7 Å². The lowest BCUT2D eigenvalue weighted by Gasteiger charge is -2.19. The fraction of sp³-hybridized carbons (Fsp3) is 0.316. The second-order valence-corrected chi connectivity index (χ2v) is 7.08. The summed E-state index contributed by atoms with van der Waals surface area (Å²) in [6.07, 6.45) is 6.69. The first-order chi connectivity index (χ1) is 10.3. The lowest BCUT2D eigenvalue weighted by Crippen LogP contribution is -2.03. The van der Waals surface area contributed by atoms with Crippen molar-refractivity contribution in [1.29, 1.82) is 0 Å². The van der Waals surface area contributed by atoms with E-state index in [2.05, 4.69) is 54.8 Å².